The summed E-state index contributed by atoms with van der Waals surface area (Å²) in [5.41, 5.74) is 0. The number of sulfonamides is 1. The third kappa shape index (κ3) is 4.32. The molecule has 0 saturated heterocycles. The Morgan fingerprint density at radius 1 is 1.29 bits per heavy atom. The molecule has 0 aromatic carbocycles. The predicted octanol–water partition coefficient (Wildman–Crippen LogP) is 1.18. The molecule has 1 aromatic heterocycles. The lowest BCUT2D eigenvalue weighted by molar-refractivity contribution is 0.486. The Morgan fingerprint density at radius 2 is 1.88 bits per heavy atom. The van der Waals surface area contributed by atoms with Gasteiger partial charge in [-0.3, -0.25) is 0 Å². The van der Waals surface area contributed by atoms with Crippen LogP contribution in [-0.2, 0) is 19.9 Å². The van der Waals surface area contributed by atoms with E-state index in [4.69, 9.17) is 0 Å². The summed E-state index contributed by atoms with van der Waals surface area (Å²) in [6.45, 7) is -0.0450. The quantitative estimate of drug-likeness (QED) is 0.789. The minimum absolute atomic E-state index is 0.0450. The van der Waals surface area contributed by atoms with E-state index < -0.39 is 19.9 Å². The van der Waals surface area contributed by atoms with Crippen LogP contribution in [0.3, 0.4) is 0 Å². The molecule has 0 aliphatic carbocycles. The number of rotatable bonds is 5. The number of hydrogen-bond acceptors (Lipinski definition) is 5. The molecule has 0 radical (unpaired) electrons. The number of halogens is 1. The van der Waals surface area contributed by atoms with E-state index in [9.17, 15) is 16.8 Å². The average Bonchev–Trinajstić information content (AvgIpc) is 2.60. The molecule has 17 heavy (non-hydrogen) atoms. The zero-order chi connectivity index (χ0) is 13.3. The highest BCUT2D eigenvalue weighted by atomic mass is 79.9. The smallest absolute Gasteiger partial charge is 0.229 e. The highest BCUT2D eigenvalue weighted by molar-refractivity contribution is 9.11. The van der Waals surface area contributed by atoms with Crippen molar-refractivity contribution in [2.24, 2.45) is 0 Å². The van der Waals surface area contributed by atoms with Gasteiger partial charge >= 0.3 is 0 Å². The standard InChI is InChI=1S/C8H12BrNO4S3/c1-10(5-6-16(2,11)12)17(13,14)8-4-3-7(9)15-8/h3-4H,5-6H2,1-2H3. The number of sulfone groups is 1. The molecule has 0 saturated carbocycles. The van der Waals surface area contributed by atoms with E-state index in [2.05, 4.69) is 15.9 Å². The fourth-order valence-corrected chi connectivity index (χ4v) is 5.12. The van der Waals surface area contributed by atoms with Crippen LogP contribution in [0.1, 0.15) is 0 Å². The number of hydrogen-bond donors (Lipinski definition) is 0. The van der Waals surface area contributed by atoms with Gasteiger partial charge in [0.1, 0.15) is 14.0 Å². The van der Waals surface area contributed by atoms with Gasteiger partial charge in [-0.25, -0.2) is 16.8 Å². The molecule has 0 fully saturated rings. The molecule has 0 atom stereocenters. The maximum absolute atomic E-state index is 12.0. The van der Waals surface area contributed by atoms with Crippen molar-refractivity contribution in [1.82, 2.24) is 4.31 Å². The van der Waals surface area contributed by atoms with Crippen molar-refractivity contribution in [1.29, 1.82) is 0 Å². The topological polar surface area (TPSA) is 71.5 Å². The predicted molar refractivity (Wildman–Crippen MR) is 71.5 cm³/mol. The Labute approximate surface area is 114 Å². The van der Waals surface area contributed by atoms with Crippen LogP contribution in [-0.4, -0.2) is 46.7 Å². The average molecular weight is 362 g/mol. The molecule has 1 heterocycles. The van der Waals surface area contributed by atoms with Crippen molar-refractivity contribution >= 4 is 47.1 Å². The molecule has 0 bridgehead atoms. The Morgan fingerprint density at radius 3 is 2.29 bits per heavy atom. The van der Waals surface area contributed by atoms with Gasteiger partial charge in [0.05, 0.1) is 9.54 Å². The minimum Gasteiger partial charge on any atom is -0.229 e. The van der Waals surface area contributed by atoms with Gasteiger partial charge in [-0.1, -0.05) is 0 Å². The van der Waals surface area contributed by atoms with Crippen LogP contribution in [0, 0.1) is 0 Å². The van der Waals surface area contributed by atoms with E-state index in [1.807, 2.05) is 0 Å². The van der Waals surface area contributed by atoms with Crippen molar-refractivity contribution in [3.05, 3.63) is 15.9 Å². The van der Waals surface area contributed by atoms with E-state index in [1.165, 1.54) is 13.1 Å². The summed E-state index contributed by atoms with van der Waals surface area (Å²) in [5.74, 6) is -0.185. The van der Waals surface area contributed by atoms with Crippen molar-refractivity contribution in [3.63, 3.8) is 0 Å². The fraction of sp³-hybridized carbons (Fsp3) is 0.500. The van der Waals surface area contributed by atoms with Gasteiger partial charge in [0.15, 0.2) is 0 Å². The molecule has 0 unspecified atom stereocenters. The highest BCUT2D eigenvalue weighted by Gasteiger charge is 2.23. The molecule has 0 aliphatic heterocycles. The van der Waals surface area contributed by atoms with E-state index >= 15 is 0 Å². The third-order valence-corrected chi connectivity index (χ3v) is 6.86. The van der Waals surface area contributed by atoms with E-state index in [0.29, 0.717) is 3.79 Å². The Balaban J connectivity index is 2.85. The lowest BCUT2D eigenvalue weighted by atomic mass is 10.7. The van der Waals surface area contributed by atoms with Crippen molar-refractivity contribution < 1.29 is 16.8 Å². The van der Waals surface area contributed by atoms with Crippen LogP contribution < -0.4 is 0 Å². The first-order valence-electron chi connectivity index (χ1n) is 4.52. The van der Waals surface area contributed by atoms with Crippen LogP contribution in [0.25, 0.3) is 0 Å². The second-order valence-corrected chi connectivity index (χ2v) is 10.5. The Bertz CT molecular complexity index is 590. The summed E-state index contributed by atoms with van der Waals surface area (Å²) >= 11 is 4.28. The Kier molecular flexibility index (Phi) is 4.75. The first kappa shape index (κ1) is 15.1. The van der Waals surface area contributed by atoms with Gasteiger partial charge in [0, 0.05) is 19.8 Å². The number of thiophene rings is 1. The lowest BCUT2D eigenvalue weighted by Gasteiger charge is -2.14. The van der Waals surface area contributed by atoms with Gasteiger partial charge < -0.3 is 0 Å². The van der Waals surface area contributed by atoms with Crippen LogP contribution in [0.2, 0.25) is 0 Å². The monoisotopic (exact) mass is 361 g/mol. The lowest BCUT2D eigenvalue weighted by Crippen LogP contribution is -2.31. The zero-order valence-corrected chi connectivity index (χ0v) is 13.3. The van der Waals surface area contributed by atoms with Crippen LogP contribution >= 0.6 is 27.3 Å². The molecule has 1 rings (SSSR count). The largest absolute Gasteiger partial charge is 0.252 e. The summed E-state index contributed by atoms with van der Waals surface area (Å²) in [6, 6.07) is 3.13. The molecular formula is C8H12BrNO4S3. The van der Waals surface area contributed by atoms with Gasteiger partial charge in [-0.2, -0.15) is 4.31 Å². The SMILES string of the molecule is CN(CCS(C)(=O)=O)S(=O)(=O)c1ccc(Br)s1. The summed E-state index contributed by atoms with van der Waals surface area (Å²) in [4.78, 5) is 0. The van der Waals surface area contributed by atoms with Crippen LogP contribution in [0.4, 0.5) is 0 Å². The number of nitrogens with zero attached hydrogens (tertiary/aromatic N) is 1. The van der Waals surface area contributed by atoms with Crippen LogP contribution in [0.5, 0.6) is 0 Å². The first-order chi connectivity index (χ1) is 7.63. The minimum atomic E-state index is -3.58. The molecule has 98 valence electrons. The third-order valence-electron chi connectivity index (χ3n) is 1.99. The second-order valence-electron chi connectivity index (χ2n) is 3.51. The fourth-order valence-electron chi connectivity index (χ4n) is 1.00. The van der Waals surface area contributed by atoms with Gasteiger partial charge in [-0.05, 0) is 28.1 Å². The summed E-state index contributed by atoms with van der Waals surface area (Å²) < 4.78 is 47.9. The molecule has 5 nitrogen and oxygen atoms in total. The maximum atomic E-state index is 12.0. The summed E-state index contributed by atoms with van der Waals surface area (Å²) in [7, 11) is -5.38. The van der Waals surface area contributed by atoms with Crippen molar-refractivity contribution in [2.45, 2.75) is 4.21 Å². The van der Waals surface area contributed by atoms with Gasteiger partial charge in [0.25, 0.3) is 10.0 Å². The van der Waals surface area contributed by atoms with Crippen molar-refractivity contribution in [3.8, 4) is 0 Å². The molecule has 9 heteroatoms. The van der Waals surface area contributed by atoms with Gasteiger partial charge in [0.2, 0.25) is 0 Å². The first-order valence-corrected chi connectivity index (χ1v) is 9.63. The molecule has 1 aromatic rings. The molecule has 0 aliphatic rings. The van der Waals surface area contributed by atoms with E-state index in [0.717, 1.165) is 21.9 Å². The highest BCUT2D eigenvalue weighted by Crippen LogP contribution is 2.27. The molecule has 0 spiro atoms. The normalized spacial score (nSPS) is 13.2. The second kappa shape index (κ2) is 5.35. The van der Waals surface area contributed by atoms with Crippen LogP contribution in [0.15, 0.2) is 20.1 Å². The Hall–Kier alpha value is 0.0400. The molecule has 0 amide bonds. The van der Waals surface area contributed by atoms with Crippen molar-refractivity contribution in [2.75, 3.05) is 25.6 Å². The molecule has 0 N–H and O–H groups in total. The maximum Gasteiger partial charge on any atom is 0.252 e. The summed E-state index contributed by atoms with van der Waals surface area (Å²) in [6.07, 6.45) is 1.08. The molecular weight excluding hydrogens is 350 g/mol. The van der Waals surface area contributed by atoms with E-state index in [-0.39, 0.29) is 16.5 Å². The summed E-state index contributed by atoms with van der Waals surface area (Å²) in [5, 5.41) is 0. The van der Waals surface area contributed by atoms with Gasteiger partial charge in [-0.15, -0.1) is 11.3 Å². The zero-order valence-electron chi connectivity index (χ0n) is 9.25. The van der Waals surface area contributed by atoms with E-state index in [1.54, 1.807) is 6.07 Å².